The molecule has 68 valence electrons. The molecule has 2 rings (SSSR count). The number of carbonyl (C=O) groups is 1. The van der Waals surface area contributed by atoms with Crippen LogP contribution in [0.1, 0.15) is 25.7 Å². The summed E-state index contributed by atoms with van der Waals surface area (Å²) in [6.07, 6.45) is 2.35. The summed E-state index contributed by atoms with van der Waals surface area (Å²) in [5.41, 5.74) is -0.672. The lowest BCUT2D eigenvalue weighted by Gasteiger charge is -2.25. The van der Waals surface area contributed by atoms with E-state index in [1.807, 2.05) is 0 Å². The van der Waals surface area contributed by atoms with Crippen molar-refractivity contribution in [2.45, 2.75) is 37.3 Å². The Morgan fingerprint density at radius 2 is 2.17 bits per heavy atom. The van der Waals surface area contributed by atoms with E-state index < -0.39 is 11.7 Å². The van der Waals surface area contributed by atoms with E-state index in [0.29, 0.717) is 6.54 Å². The second kappa shape index (κ2) is 2.36. The van der Waals surface area contributed by atoms with Crippen LogP contribution in [0.25, 0.3) is 0 Å². The average molecular weight is 171 g/mol. The molecule has 1 atom stereocenters. The van der Waals surface area contributed by atoms with Gasteiger partial charge in [0.1, 0.15) is 0 Å². The topological polar surface area (TPSA) is 60.8 Å². The van der Waals surface area contributed by atoms with E-state index in [1.165, 1.54) is 4.90 Å². The third-order valence-corrected chi connectivity index (χ3v) is 2.88. The first-order valence-electron chi connectivity index (χ1n) is 4.35. The first-order valence-corrected chi connectivity index (χ1v) is 4.35. The molecular formula is C8H13NO3. The minimum Gasteiger partial charge on any atom is -0.465 e. The van der Waals surface area contributed by atoms with Crippen molar-refractivity contribution in [2.24, 2.45) is 0 Å². The minimum atomic E-state index is -0.891. The lowest BCUT2D eigenvalue weighted by molar-refractivity contribution is 0.0505. The van der Waals surface area contributed by atoms with Gasteiger partial charge < -0.3 is 15.1 Å². The fraction of sp³-hybridized carbons (Fsp3) is 0.875. The van der Waals surface area contributed by atoms with Gasteiger partial charge in [-0.2, -0.15) is 0 Å². The van der Waals surface area contributed by atoms with Crippen molar-refractivity contribution in [3.05, 3.63) is 0 Å². The van der Waals surface area contributed by atoms with Crippen LogP contribution in [0.15, 0.2) is 0 Å². The molecule has 0 unspecified atom stereocenters. The van der Waals surface area contributed by atoms with E-state index in [0.717, 1.165) is 25.7 Å². The van der Waals surface area contributed by atoms with Crippen molar-refractivity contribution in [1.29, 1.82) is 0 Å². The molecule has 1 aliphatic carbocycles. The van der Waals surface area contributed by atoms with Gasteiger partial charge in [0.05, 0.1) is 11.6 Å². The lowest BCUT2D eigenvalue weighted by Crippen LogP contribution is -2.43. The lowest BCUT2D eigenvalue weighted by atomic mass is 10.1. The second-order valence-corrected chi connectivity index (χ2v) is 3.74. The third-order valence-electron chi connectivity index (χ3n) is 2.88. The SMILES string of the molecule is O=C(O)N1CCC[C@H]1C1(O)CC1. The zero-order valence-electron chi connectivity index (χ0n) is 6.86. The maximum Gasteiger partial charge on any atom is 0.407 e. The predicted molar refractivity (Wildman–Crippen MR) is 41.9 cm³/mol. The van der Waals surface area contributed by atoms with Crippen LogP contribution >= 0.6 is 0 Å². The molecule has 1 aliphatic heterocycles. The molecule has 1 saturated heterocycles. The van der Waals surface area contributed by atoms with Gasteiger partial charge in [-0.05, 0) is 25.7 Å². The molecule has 1 saturated carbocycles. The summed E-state index contributed by atoms with van der Waals surface area (Å²) in [5, 5.41) is 18.5. The normalized spacial score (nSPS) is 32.1. The van der Waals surface area contributed by atoms with Crippen LogP contribution in [0, 0.1) is 0 Å². The Kier molecular flexibility index (Phi) is 1.54. The van der Waals surface area contributed by atoms with Crippen molar-refractivity contribution >= 4 is 6.09 Å². The largest absolute Gasteiger partial charge is 0.465 e. The molecule has 1 amide bonds. The van der Waals surface area contributed by atoms with Gasteiger partial charge in [-0.1, -0.05) is 0 Å². The first-order chi connectivity index (χ1) is 5.63. The Bertz CT molecular complexity index is 212. The molecule has 12 heavy (non-hydrogen) atoms. The van der Waals surface area contributed by atoms with Crippen LogP contribution in [0.3, 0.4) is 0 Å². The van der Waals surface area contributed by atoms with Crippen molar-refractivity contribution in [2.75, 3.05) is 6.54 Å². The summed E-state index contributed by atoms with van der Waals surface area (Å²) in [5.74, 6) is 0. The van der Waals surface area contributed by atoms with Crippen molar-refractivity contribution in [3.8, 4) is 0 Å². The molecule has 2 N–H and O–H groups in total. The van der Waals surface area contributed by atoms with Crippen LogP contribution in [-0.2, 0) is 0 Å². The average Bonchev–Trinajstić information content (AvgIpc) is 2.61. The molecule has 4 heteroatoms. The Labute approximate surface area is 70.8 Å². The minimum absolute atomic E-state index is 0.130. The van der Waals surface area contributed by atoms with Crippen molar-refractivity contribution in [3.63, 3.8) is 0 Å². The van der Waals surface area contributed by atoms with Crippen LogP contribution < -0.4 is 0 Å². The number of amides is 1. The van der Waals surface area contributed by atoms with Gasteiger partial charge in [-0.25, -0.2) is 4.79 Å². The maximum absolute atomic E-state index is 10.7. The van der Waals surface area contributed by atoms with E-state index >= 15 is 0 Å². The number of nitrogens with zero attached hydrogens (tertiary/aromatic N) is 1. The molecule has 0 bridgehead atoms. The number of aliphatic hydroxyl groups is 1. The first kappa shape index (κ1) is 7.86. The van der Waals surface area contributed by atoms with E-state index in [-0.39, 0.29) is 6.04 Å². The molecule has 0 spiro atoms. The van der Waals surface area contributed by atoms with Gasteiger partial charge in [0.2, 0.25) is 0 Å². The standard InChI is InChI=1S/C8H13NO3/c10-7(11)9-5-1-2-6(9)8(12)3-4-8/h6,12H,1-5H2,(H,10,11)/t6-/m0/s1. The Balaban J connectivity index is 2.09. The Morgan fingerprint density at radius 1 is 1.50 bits per heavy atom. The summed E-state index contributed by atoms with van der Waals surface area (Å²) in [4.78, 5) is 12.1. The molecule has 1 heterocycles. The highest BCUT2D eigenvalue weighted by Gasteiger charge is 2.52. The smallest absolute Gasteiger partial charge is 0.407 e. The number of rotatable bonds is 1. The van der Waals surface area contributed by atoms with Gasteiger partial charge in [0.15, 0.2) is 0 Å². The van der Waals surface area contributed by atoms with Gasteiger partial charge in [-0.15, -0.1) is 0 Å². The van der Waals surface area contributed by atoms with E-state index in [1.54, 1.807) is 0 Å². The molecule has 0 aromatic carbocycles. The van der Waals surface area contributed by atoms with E-state index in [9.17, 15) is 9.90 Å². The molecule has 4 nitrogen and oxygen atoms in total. The van der Waals surface area contributed by atoms with Crippen LogP contribution in [-0.4, -0.2) is 39.4 Å². The number of carboxylic acid groups (broad SMARTS) is 1. The Hall–Kier alpha value is -0.770. The molecule has 2 aliphatic rings. The van der Waals surface area contributed by atoms with Crippen LogP contribution in [0.4, 0.5) is 4.79 Å². The summed E-state index contributed by atoms with van der Waals surface area (Å²) in [7, 11) is 0. The zero-order valence-corrected chi connectivity index (χ0v) is 6.86. The van der Waals surface area contributed by atoms with Crippen molar-refractivity contribution < 1.29 is 15.0 Å². The number of likely N-dealkylation sites (tertiary alicyclic amines) is 1. The van der Waals surface area contributed by atoms with Crippen LogP contribution in [0.5, 0.6) is 0 Å². The Morgan fingerprint density at radius 3 is 2.67 bits per heavy atom. The van der Waals surface area contributed by atoms with Crippen LogP contribution in [0.2, 0.25) is 0 Å². The molecule has 0 radical (unpaired) electrons. The molecular weight excluding hydrogens is 158 g/mol. The maximum atomic E-state index is 10.7. The highest BCUT2D eigenvalue weighted by Crippen LogP contribution is 2.44. The molecule has 0 aromatic heterocycles. The summed E-state index contributed by atoms with van der Waals surface area (Å²) < 4.78 is 0. The zero-order chi connectivity index (χ0) is 8.77. The fourth-order valence-electron chi connectivity index (χ4n) is 2.02. The summed E-state index contributed by atoms with van der Waals surface area (Å²) in [6, 6.07) is -0.130. The number of hydrogen-bond donors (Lipinski definition) is 2. The number of hydrogen-bond acceptors (Lipinski definition) is 2. The van der Waals surface area contributed by atoms with Crippen molar-refractivity contribution in [1.82, 2.24) is 4.90 Å². The summed E-state index contributed by atoms with van der Waals surface area (Å²) in [6.45, 7) is 0.586. The van der Waals surface area contributed by atoms with E-state index in [4.69, 9.17) is 5.11 Å². The summed E-state index contributed by atoms with van der Waals surface area (Å²) >= 11 is 0. The van der Waals surface area contributed by atoms with Gasteiger partial charge in [0, 0.05) is 6.54 Å². The van der Waals surface area contributed by atoms with Gasteiger partial charge >= 0.3 is 6.09 Å². The monoisotopic (exact) mass is 171 g/mol. The third kappa shape index (κ3) is 1.06. The fourth-order valence-corrected chi connectivity index (χ4v) is 2.02. The van der Waals surface area contributed by atoms with E-state index in [2.05, 4.69) is 0 Å². The quantitative estimate of drug-likeness (QED) is 0.609. The molecule has 0 aromatic rings. The second-order valence-electron chi connectivity index (χ2n) is 3.74. The van der Waals surface area contributed by atoms with Gasteiger partial charge in [0.25, 0.3) is 0 Å². The predicted octanol–water partition coefficient (Wildman–Crippen LogP) is 0.654. The molecule has 2 fully saturated rings. The highest BCUT2D eigenvalue weighted by atomic mass is 16.4. The van der Waals surface area contributed by atoms with Gasteiger partial charge in [-0.3, -0.25) is 0 Å². The highest BCUT2D eigenvalue weighted by molar-refractivity contribution is 5.66.